The fraction of sp³-hybridized carbons (Fsp3) is 0. The van der Waals surface area contributed by atoms with Crippen molar-refractivity contribution in [1.82, 2.24) is 5.43 Å². The molecule has 0 radical (unpaired) electrons. The molecule has 0 unspecified atom stereocenters. The lowest BCUT2D eigenvalue weighted by Gasteiger charge is -2.00. The highest BCUT2D eigenvalue weighted by Gasteiger charge is 2.01. The Morgan fingerprint density at radius 1 is 1.47 bits per heavy atom. The average molecular weight is 242 g/mol. The molecule has 0 aliphatic rings. The van der Waals surface area contributed by atoms with Crippen LogP contribution in [0.1, 0.15) is 5.56 Å². The van der Waals surface area contributed by atoms with Crippen molar-refractivity contribution < 1.29 is 4.79 Å². The number of thiocarbonyl (C=S) groups is 1. The van der Waals surface area contributed by atoms with E-state index in [2.05, 4.69) is 22.7 Å². The summed E-state index contributed by atoms with van der Waals surface area (Å²) in [6.07, 6.45) is 0.606. The summed E-state index contributed by atoms with van der Waals surface area (Å²) < 4.78 is 0. The number of nitrogens with two attached hydrogens (primary N) is 1. The van der Waals surface area contributed by atoms with Gasteiger partial charge in [0.15, 0.2) is 11.4 Å². The normalized spacial score (nSPS) is 10.9. The minimum absolute atomic E-state index is 0.00307. The molecule has 15 heavy (non-hydrogen) atoms. The summed E-state index contributed by atoms with van der Waals surface area (Å²) in [6, 6.07) is 6.68. The number of rotatable bonds is 3. The van der Waals surface area contributed by atoms with Crippen LogP contribution < -0.4 is 11.2 Å². The molecule has 1 rings (SSSR count). The van der Waals surface area contributed by atoms with E-state index in [0.717, 1.165) is 0 Å². The van der Waals surface area contributed by atoms with Crippen LogP contribution in [0.4, 0.5) is 0 Å². The van der Waals surface area contributed by atoms with E-state index in [1.807, 2.05) is 0 Å². The number of nitrogens with zero attached hydrogens (tertiary/aromatic N) is 1. The zero-order valence-electron chi connectivity index (χ0n) is 7.61. The molecule has 0 saturated carbocycles. The van der Waals surface area contributed by atoms with Crippen molar-refractivity contribution in [2.45, 2.75) is 0 Å². The summed E-state index contributed by atoms with van der Waals surface area (Å²) in [5.74, 6) is 0. The van der Waals surface area contributed by atoms with Gasteiger partial charge in [-0.3, -0.25) is 10.2 Å². The summed E-state index contributed by atoms with van der Waals surface area (Å²) in [5, 5.41) is 4.32. The molecule has 6 heteroatoms. The first-order valence-electron chi connectivity index (χ1n) is 3.97. The van der Waals surface area contributed by atoms with Crippen LogP contribution in [0.25, 0.3) is 0 Å². The molecule has 0 spiro atoms. The van der Waals surface area contributed by atoms with Crippen molar-refractivity contribution in [2.75, 3.05) is 0 Å². The van der Waals surface area contributed by atoms with E-state index in [1.54, 1.807) is 24.3 Å². The van der Waals surface area contributed by atoms with E-state index in [-0.39, 0.29) is 10.8 Å². The van der Waals surface area contributed by atoms with Crippen LogP contribution >= 0.6 is 23.8 Å². The Hall–Kier alpha value is -1.46. The minimum Gasteiger partial charge on any atom is -0.375 e. The van der Waals surface area contributed by atoms with Crippen LogP contribution in [0, 0.1) is 0 Å². The van der Waals surface area contributed by atoms with Gasteiger partial charge < -0.3 is 5.73 Å². The molecule has 78 valence electrons. The van der Waals surface area contributed by atoms with Crippen LogP contribution in [0.2, 0.25) is 5.02 Å². The molecule has 0 aliphatic carbocycles. The maximum Gasteiger partial charge on any atom is 0.184 e. The zero-order valence-corrected chi connectivity index (χ0v) is 9.18. The monoisotopic (exact) mass is 241 g/mol. The quantitative estimate of drug-likeness (QED) is 0.360. The van der Waals surface area contributed by atoms with Crippen LogP contribution in [0.15, 0.2) is 29.4 Å². The molecule has 0 amide bonds. The van der Waals surface area contributed by atoms with E-state index >= 15 is 0 Å². The molecular formula is C9H8ClN3OS. The number of hydrogen-bond donors (Lipinski definition) is 2. The number of hydrogen-bond acceptors (Lipinski definition) is 3. The molecular weight excluding hydrogens is 234 g/mol. The van der Waals surface area contributed by atoms with Gasteiger partial charge in [0.1, 0.15) is 5.71 Å². The van der Waals surface area contributed by atoms with Gasteiger partial charge in [-0.2, -0.15) is 5.10 Å². The number of halogens is 1. The SMILES string of the molecule is NC(=S)NN=C(C=O)c1ccc(Cl)cc1. The third kappa shape index (κ3) is 3.65. The first kappa shape index (κ1) is 11.6. The number of aldehydes is 1. The standard InChI is InChI=1S/C9H8ClN3OS/c10-7-3-1-6(2-4-7)8(5-14)12-13-9(11)15/h1-5H,(H3,11,13,15). The number of benzene rings is 1. The molecule has 1 aromatic rings. The molecule has 4 nitrogen and oxygen atoms in total. The topological polar surface area (TPSA) is 67.5 Å². The third-order valence-corrected chi connectivity index (χ3v) is 1.88. The van der Waals surface area contributed by atoms with E-state index in [4.69, 9.17) is 17.3 Å². The predicted molar refractivity (Wildman–Crippen MR) is 64.0 cm³/mol. The highest BCUT2D eigenvalue weighted by atomic mass is 35.5. The summed E-state index contributed by atoms with van der Waals surface area (Å²) in [7, 11) is 0. The lowest BCUT2D eigenvalue weighted by Crippen LogP contribution is -2.26. The highest BCUT2D eigenvalue weighted by Crippen LogP contribution is 2.09. The maximum absolute atomic E-state index is 10.7. The Morgan fingerprint density at radius 2 is 2.07 bits per heavy atom. The largest absolute Gasteiger partial charge is 0.375 e. The molecule has 0 saturated heterocycles. The number of carbonyl (C=O) groups is 1. The van der Waals surface area contributed by atoms with Gasteiger partial charge in [0.2, 0.25) is 0 Å². The Labute approximate surface area is 97.1 Å². The molecule has 1 aromatic carbocycles. The lowest BCUT2D eigenvalue weighted by atomic mass is 10.1. The molecule has 0 aliphatic heterocycles. The van der Waals surface area contributed by atoms with E-state index in [0.29, 0.717) is 16.9 Å². The van der Waals surface area contributed by atoms with Gasteiger partial charge in [-0.15, -0.1) is 0 Å². The van der Waals surface area contributed by atoms with Gasteiger partial charge in [0.05, 0.1) is 0 Å². The zero-order chi connectivity index (χ0) is 11.3. The van der Waals surface area contributed by atoms with Crippen LogP contribution in [-0.4, -0.2) is 17.1 Å². The maximum atomic E-state index is 10.7. The first-order valence-corrected chi connectivity index (χ1v) is 4.76. The van der Waals surface area contributed by atoms with Crippen molar-refractivity contribution in [2.24, 2.45) is 10.8 Å². The van der Waals surface area contributed by atoms with Crippen LogP contribution in [-0.2, 0) is 4.79 Å². The fourth-order valence-corrected chi connectivity index (χ4v) is 1.07. The second kappa shape index (κ2) is 5.43. The second-order valence-corrected chi connectivity index (χ2v) is 3.47. The number of hydrazone groups is 1. The van der Waals surface area contributed by atoms with Gasteiger partial charge in [0, 0.05) is 10.6 Å². The van der Waals surface area contributed by atoms with Crippen molar-refractivity contribution in [3.05, 3.63) is 34.9 Å². The minimum atomic E-state index is 0.00307. The van der Waals surface area contributed by atoms with Crippen molar-refractivity contribution in [3.63, 3.8) is 0 Å². The molecule has 0 heterocycles. The summed E-state index contributed by atoms with van der Waals surface area (Å²) in [6.45, 7) is 0. The molecule has 0 fully saturated rings. The van der Waals surface area contributed by atoms with Gasteiger partial charge in [0.25, 0.3) is 0 Å². The van der Waals surface area contributed by atoms with Crippen molar-refractivity contribution in [3.8, 4) is 0 Å². The van der Waals surface area contributed by atoms with Gasteiger partial charge >= 0.3 is 0 Å². The average Bonchev–Trinajstić information content (AvgIpc) is 2.21. The summed E-state index contributed by atoms with van der Waals surface area (Å²) >= 11 is 10.3. The predicted octanol–water partition coefficient (Wildman–Crippen LogP) is 1.08. The number of carbonyl (C=O) groups excluding carboxylic acids is 1. The summed E-state index contributed by atoms with van der Waals surface area (Å²) in [5.41, 5.74) is 8.36. The molecule has 0 aromatic heterocycles. The van der Waals surface area contributed by atoms with Crippen LogP contribution in [0.5, 0.6) is 0 Å². The Bertz CT molecular complexity index is 402. The number of nitrogens with one attached hydrogen (secondary N) is 1. The van der Waals surface area contributed by atoms with E-state index in [1.165, 1.54) is 0 Å². The van der Waals surface area contributed by atoms with Gasteiger partial charge in [-0.1, -0.05) is 23.7 Å². The Balaban J connectivity index is 2.92. The lowest BCUT2D eigenvalue weighted by molar-refractivity contribution is -0.102. The second-order valence-electron chi connectivity index (χ2n) is 2.60. The van der Waals surface area contributed by atoms with Gasteiger partial charge in [-0.25, -0.2) is 0 Å². The van der Waals surface area contributed by atoms with Crippen molar-refractivity contribution >= 4 is 40.9 Å². The first-order chi connectivity index (χ1) is 7.13. The Kier molecular flexibility index (Phi) is 4.20. The highest BCUT2D eigenvalue weighted by molar-refractivity contribution is 7.80. The Morgan fingerprint density at radius 3 is 2.53 bits per heavy atom. The molecule has 3 N–H and O–H groups in total. The van der Waals surface area contributed by atoms with E-state index < -0.39 is 0 Å². The van der Waals surface area contributed by atoms with E-state index in [9.17, 15) is 4.79 Å². The smallest absolute Gasteiger partial charge is 0.184 e. The molecule has 0 bridgehead atoms. The fourth-order valence-electron chi connectivity index (χ4n) is 0.895. The molecule has 0 atom stereocenters. The van der Waals surface area contributed by atoms with Crippen LogP contribution in [0.3, 0.4) is 0 Å². The third-order valence-electron chi connectivity index (χ3n) is 1.54. The van der Waals surface area contributed by atoms with Gasteiger partial charge in [-0.05, 0) is 24.4 Å². The van der Waals surface area contributed by atoms with Crippen molar-refractivity contribution in [1.29, 1.82) is 0 Å². The summed E-state index contributed by atoms with van der Waals surface area (Å²) in [4.78, 5) is 10.7.